The van der Waals surface area contributed by atoms with Crippen LogP contribution in [0.5, 0.6) is 11.5 Å². The van der Waals surface area contributed by atoms with Crippen molar-refractivity contribution in [3.8, 4) is 11.5 Å². The molecule has 2 heterocycles. The van der Waals surface area contributed by atoms with Crippen LogP contribution >= 0.6 is 0 Å². The number of fused-ring (bicyclic) bond motifs is 2. The number of ketones is 1. The molecule has 1 aromatic rings. The summed E-state index contributed by atoms with van der Waals surface area (Å²) in [5.74, 6) is 0.550. The van der Waals surface area contributed by atoms with Crippen molar-refractivity contribution in [2.45, 2.75) is 45.8 Å². The van der Waals surface area contributed by atoms with E-state index in [0.717, 1.165) is 11.1 Å². The van der Waals surface area contributed by atoms with Gasteiger partial charge in [-0.15, -0.1) is 0 Å². The first kappa shape index (κ1) is 18.6. The van der Waals surface area contributed by atoms with Gasteiger partial charge in [0.15, 0.2) is 11.5 Å². The van der Waals surface area contributed by atoms with Gasteiger partial charge in [-0.2, -0.15) is 0 Å². The second-order valence-electron chi connectivity index (χ2n) is 5.38. The third kappa shape index (κ3) is 4.85. The number of carbonyl (C=O) groups is 3. The van der Waals surface area contributed by atoms with Crippen LogP contribution in [-0.2, 0) is 27.3 Å². The Morgan fingerprint density at radius 3 is 2.44 bits per heavy atom. The van der Waals surface area contributed by atoms with E-state index in [-0.39, 0.29) is 44.3 Å². The minimum atomic E-state index is -1.50. The van der Waals surface area contributed by atoms with E-state index in [2.05, 4.69) is 10.1 Å². The monoisotopic (exact) mass is 351 g/mol. The van der Waals surface area contributed by atoms with Crippen LogP contribution in [0.3, 0.4) is 0 Å². The third-order valence-corrected chi connectivity index (χ3v) is 3.69. The van der Waals surface area contributed by atoms with Crippen molar-refractivity contribution in [3.63, 3.8) is 0 Å². The molecule has 2 aliphatic rings. The molecule has 0 radical (unpaired) electrons. The van der Waals surface area contributed by atoms with E-state index in [1.165, 1.54) is 0 Å². The SMILES string of the molecule is CC.O=C1Cc2cc3c(cc2CNC(=O)C[C@H](OC(=O)O)C1)OCO3. The van der Waals surface area contributed by atoms with E-state index in [9.17, 15) is 14.4 Å². The zero-order chi connectivity index (χ0) is 18.4. The molecule has 0 fully saturated rings. The first-order valence-corrected chi connectivity index (χ1v) is 8.10. The van der Waals surface area contributed by atoms with Gasteiger partial charge in [0.25, 0.3) is 0 Å². The van der Waals surface area contributed by atoms with Gasteiger partial charge in [0.05, 0.1) is 6.42 Å². The van der Waals surface area contributed by atoms with Crippen LogP contribution in [0.25, 0.3) is 0 Å². The van der Waals surface area contributed by atoms with Crippen LogP contribution in [0.2, 0.25) is 0 Å². The summed E-state index contributed by atoms with van der Waals surface area (Å²) in [6.07, 6.45) is -2.70. The summed E-state index contributed by atoms with van der Waals surface area (Å²) < 4.78 is 15.2. The molecule has 136 valence electrons. The predicted octanol–water partition coefficient (Wildman–Crippen LogP) is 2.03. The molecule has 0 aliphatic carbocycles. The number of carboxylic acid groups (broad SMARTS) is 1. The Hall–Kier alpha value is -2.77. The molecule has 1 aromatic carbocycles. The van der Waals surface area contributed by atoms with Crippen LogP contribution < -0.4 is 14.8 Å². The van der Waals surface area contributed by atoms with Crippen LogP contribution in [0.1, 0.15) is 37.8 Å². The van der Waals surface area contributed by atoms with E-state index in [1.54, 1.807) is 12.1 Å². The highest BCUT2D eigenvalue weighted by Crippen LogP contribution is 2.35. The minimum Gasteiger partial charge on any atom is -0.454 e. The van der Waals surface area contributed by atoms with E-state index in [1.807, 2.05) is 13.8 Å². The Labute approximate surface area is 145 Å². The second-order valence-corrected chi connectivity index (χ2v) is 5.38. The largest absolute Gasteiger partial charge is 0.506 e. The molecule has 25 heavy (non-hydrogen) atoms. The smallest absolute Gasteiger partial charge is 0.454 e. The molecule has 0 unspecified atom stereocenters. The van der Waals surface area contributed by atoms with Gasteiger partial charge >= 0.3 is 6.16 Å². The Morgan fingerprint density at radius 1 is 1.16 bits per heavy atom. The first-order valence-electron chi connectivity index (χ1n) is 8.10. The van der Waals surface area contributed by atoms with Crippen molar-refractivity contribution >= 4 is 17.8 Å². The number of ether oxygens (including phenoxy) is 3. The van der Waals surface area contributed by atoms with Crippen LogP contribution in [0.4, 0.5) is 4.79 Å². The Kier molecular flexibility index (Phi) is 6.21. The molecule has 0 saturated carbocycles. The van der Waals surface area contributed by atoms with Gasteiger partial charge < -0.3 is 24.6 Å². The Bertz CT molecular complexity index is 671. The third-order valence-electron chi connectivity index (χ3n) is 3.69. The second kappa shape index (κ2) is 8.36. The fourth-order valence-electron chi connectivity index (χ4n) is 2.66. The molecule has 0 bridgehead atoms. The number of nitrogens with one attached hydrogen (secondary N) is 1. The number of hydrogen-bond donors (Lipinski definition) is 2. The zero-order valence-electron chi connectivity index (χ0n) is 14.2. The lowest BCUT2D eigenvalue weighted by Gasteiger charge is -2.19. The molecule has 2 aliphatic heterocycles. The van der Waals surface area contributed by atoms with Crippen molar-refractivity contribution in [2.75, 3.05) is 6.79 Å². The number of benzene rings is 1. The summed E-state index contributed by atoms with van der Waals surface area (Å²) in [6.45, 7) is 4.34. The molecule has 1 amide bonds. The van der Waals surface area contributed by atoms with Gasteiger partial charge in [-0.3, -0.25) is 9.59 Å². The van der Waals surface area contributed by atoms with Crippen molar-refractivity contribution in [2.24, 2.45) is 0 Å². The molecular weight excluding hydrogens is 330 g/mol. The maximum Gasteiger partial charge on any atom is 0.506 e. The highest BCUT2D eigenvalue weighted by atomic mass is 16.7. The molecule has 0 aromatic heterocycles. The Morgan fingerprint density at radius 2 is 1.80 bits per heavy atom. The average molecular weight is 351 g/mol. The highest BCUT2D eigenvalue weighted by Gasteiger charge is 2.25. The lowest BCUT2D eigenvalue weighted by Crippen LogP contribution is -2.32. The molecule has 3 rings (SSSR count). The van der Waals surface area contributed by atoms with Crippen molar-refractivity contribution in [1.82, 2.24) is 5.32 Å². The molecule has 0 spiro atoms. The summed E-state index contributed by atoms with van der Waals surface area (Å²) in [5.41, 5.74) is 1.49. The summed E-state index contributed by atoms with van der Waals surface area (Å²) in [5, 5.41) is 11.4. The molecule has 0 saturated heterocycles. The van der Waals surface area contributed by atoms with Gasteiger partial charge in [-0.25, -0.2) is 4.79 Å². The quantitative estimate of drug-likeness (QED) is 0.745. The standard InChI is InChI=1S/C15H15NO7.C2H6/c17-10-1-8-2-12-13(22-7-21-12)3-9(8)6-16-14(18)5-11(4-10)23-15(19)20;1-2/h2-3,11H,1,4-7H2,(H,16,18)(H,19,20);1-2H3/t11-;/m1./s1. The maximum absolute atomic E-state index is 12.2. The van der Waals surface area contributed by atoms with Gasteiger partial charge in [0.2, 0.25) is 12.7 Å². The summed E-state index contributed by atoms with van der Waals surface area (Å²) in [6, 6.07) is 3.47. The van der Waals surface area contributed by atoms with Crippen LogP contribution in [-0.4, -0.2) is 35.8 Å². The van der Waals surface area contributed by atoms with E-state index >= 15 is 0 Å². The average Bonchev–Trinajstić information content (AvgIpc) is 3.00. The minimum absolute atomic E-state index is 0.112. The normalized spacial score (nSPS) is 19.0. The summed E-state index contributed by atoms with van der Waals surface area (Å²) in [4.78, 5) is 34.7. The van der Waals surface area contributed by atoms with Gasteiger partial charge in [-0.05, 0) is 23.3 Å². The summed E-state index contributed by atoms with van der Waals surface area (Å²) >= 11 is 0. The lowest BCUT2D eigenvalue weighted by atomic mass is 9.97. The van der Waals surface area contributed by atoms with Crippen molar-refractivity contribution < 1.29 is 33.7 Å². The lowest BCUT2D eigenvalue weighted by molar-refractivity contribution is -0.125. The highest BCUT2D eigenvalue weighted by molar-refractivity contribution is 5.84. The van der Waals surface area contributed by atoms with E-state index < -0.39 is 12.3 Å². The molecule has 8 nitrogen and oxygen atoms in total. The fraction of sp³-hybridized carbons (Fsp3) is 0.471. The van der Waals surface area contributed by atoms with Crippen LogP contribution in [0.15, 0.2) is 12.1 Å². The van der Waals surface area contributed by atoms with Gasteiger partial charge in [0, 0.05) is 19.4 Å². The number of rotatable bonds is 1. The Balaban J connectivity index is 0.00000109. The number of Topliss-reactive ketones (excluding diaryl/α,β-unsaturated/α-hetero) is 1. The molecular formula is C17H21NO7. The number of carbonyl (C=O) groups excluding carboxylic acids is 2. The summed E-state index contributed by atoms with van der Waals surface area (Å²) in [7, 11) is 0. The fourth-order valence-corrected chi connectivity index (χ4v) is 2.66. The molecule has 8 heteroatoms. The van der Waals surface area contributed by atoms with E-state index in [4.69, 9.17) is 14.6 Å². The predicted molar refractivity (Wildman–Crippen MR) is 86.6 cm³/mol. The van der Waals surface area contributed by atoms with Crippen molar-refractivity contribution in [1.29, 1.82) is 0 Å². The molecule has 2 N–H and O–H groups in total. The topological polar surface area (TPSA) is 111 Å². The van der Waals surface area contributed by atoms with Gasteiger partial charge in [-0.1, -0.05) is 13.8 Å². The van der Waals surface area contributed by atoms with E-state index in [0.29, 0.717) is 11.5 Å². The number of amides is 1. The van der Waals surface area contributed by atoms with Crippen LogP contribution in [0, 0.1) is 0 Å². The maximum atomic E-state index is 12.2. The van der Waals surface area contributed by atoms with Gasteiger partial charge in [0.1, 0.15) is 11.9 Å². The zero-order valence-corrected chi connectivity index (χ0v) is 14.2. The van der Waals surface area contributed by atoms with Crippen molar-refractivity contribution in [3.05, 3.63) is 23.3 Å². The number of hydrogen-bond acceptors (Lipinski definition) is 6. The first-order chi connectivity index (χ1) is 12.0. The molecule has 1 atom stereocenters.